The topological polar surface area (TPSA) is 47.3 Å². The van der Waals surface area contributed by atoms with Crippen LogP contribution in [0.3, 0.4) is 0 Å². The van der Waals surface area contributed by atoms with E-state index in [1.54, 1.807) is 13.2 Å². The van der Waals surface area contributed by atoms with Crippen molar-refractivity contribution in [2.75, 3.05) is 18.2 Å². The third-order valence-corrected chi connectivity index (χ3v) is 3.22. The van der Waals surface area contributed by atoms with Crippen LogP contribution in [0.1, 0.15) is 5.56 Å². The van der Waals surface area contributed by atoms with E-state index in [2.05, 4.69) is 40.3 Å². The summed E-state index contributed by atoms with van der Waals surface area (Å²) in [5.41, 5.74) is 9.59. The number of hydrogen-bond acceptors (Lipinski definition) is 3. The van der Waals surface area contributed by atoms with E-state index in [1.807, 2.05) is 18.2 Å². The molecule has 0 bridgehead atoms. The predicted octanol–water partition coefficient (Wildman–Crippen LogP) is 4.09. The molecule has 18 heavy (non-hydrogen) atoms. The van der Waals surface area contributed by atoms with Gasteiger partial charge in [-0.15, -0.1) is 0 Å². The van der Waals surface area contributed by atoms with Crippen molar-refractivity contribution >= 4 is 33.0 Å². The Labute approximate surface area is 115 Å². The van der Waals surface area contributed by atoms with Gasteiger partial charge in [-0.2, -0.15) is 0 Å². The molecule has 0 aromatic heterocycles. The Morgan fingerprint density at radius 1 is 1.17 bits per heavy atom. The summed E-state index contributed by atoms with van der Waals surface area (Å²) < 4.78 is 6.21. The molecule has 4 heteroatoms. The Morgan fingerprint density at radius 2 is 1.94 bits per heavy atom. The highest BCUT2D eigenvalue weighted by Gasteiger charge is 2.03. The number of nitrogens with two attached hydrogens (primary N) is 1. The zero-order chi connectivity index (χ0) is 13.1. The number of anilines is 3. The van der Waals surface area contributed by atoms with Crippen LogP contribution in [-0.4, -0.2) is 7.11 Å². The molecule has 0 unspecified atom stereocenters. The molecule has 0 heterocycles. The summed E-state index contributed by atoms with van der Waals surface area (Å²) in [6.07, 6.45) is 0. The number of nitrogens with one attached hydrogen (secondary N) is 1. The Morgan fingerprint density at radius 3 is 2.61 bits per heavy atom. The third-order valence-electron chi connectivity index (χ3n) is 2.57. The lowest BCUT2D eigenvalue weighted by molar-refractivity contribution is 0.415. The quantitative estimate of drug-likeness (QED) is 0.840. The molecular weight excluding hydrogens is 292 g/mol. The monoisotopic (exact) mass is 306 g/mol. The molecule has 0 saturated heterocycles. The van der Waals surface area contributed by atoms with Gasteiger partial charge >= 0.3 is 0 Å². The zero-order valence-corrected chi connectivity index (χ0v) is 11.9. The van der Waals surface area contributed by atoms with Gasteiger partial charge in [-0.05, 0) is 46.6 Å². The van der Waals surface area contributed by atoms with Gasteiger partial charge in [0.1, 0.15) is 5.75 Å². The molecule has 94 valence electrons. The Balaban J connectivity index is 2.30. The predicted molar refractivity (Wildman–Crippen MR) is 79.6 cm³/mol. The Bertz CT molecular complexity index is 570. The van der Waals surface area contributed by atoms with Crippen molar-refractivity contribution in [2.24, 2.45) is 0 Å². The van der Waals surface area contributed by atoms with Crippen LogP contribution in [0.4, 0.5) is 17.1 Å². The number of ether oxygens (including phenoxy) is 1. The lowest BCUT2D eigenvalue weighted by Crippen LogP contribution is -1.95. The van der Waals surface area contributed by atoms with Crippen LogP contribution in [0, 0.1) is 6.92 Å². The second-order valence-electron chi connectivity index (χ2n) is 4.10. The highest BCUT2D eigenvalue weighted by Crippen LogP contribution is 2.29. The average molecular weight is 307 g/mol. The van der Waals surface area contributed by atoms with Crippen molar-refractivity contribution in [3.8, 4) is 5.75 Å². The molecular formula is C14H15BrN2O. The number of nitrogen functional groups attached to an aromatic ring is 1. The van der Waals surface area contributed by atoms with Gasteiger partial charge in [0.25, 0.3) is 0 Å². The van der Waals surface area contributed by atoms with Gasteiger partial charge in [0.05, 0.1) is 12.8 Å². The fourth-order valence-electron chi connectivity index (χ4n) is 1.69. The third kappa shape index (κ3) is 2.96. The summed E-state index contributed by atoms with van der Waals surface area (Å²) in [5, 5.41) is 3.31. The van der Waals surface area contributed by atoms with Gasteiger partial charge in [0, 0.05) is 28.0 Å². The molecule has 0 saturated carbocycles. The molecule has 0 amide bonds. The maximum Gasteiger partial charge on any atom is 0.122 e. The number of aryl methyl sites for hydroxylation is 1. The second-order valence-corrected chi connectivity index (χ2v) is 4.96. The molecule has 0 radical (unpaired) electrons. The maximum atomic E-state index is 5.82. The zero-order valence-electron chi connectivity index (χ0n) is 10.3. The van der Waals surface area contributed by atoms with Gasteiger partial charge in [-0.25, -0.2) is 0 Å². The van der Waals surface area contributed by atoms with Crippen LogP contribution in [0.15, 0.2) is 40.9 Å². The molecule has 0 spiro atoms. The molecule has 3 nitrogen and oxygen atoms in total. The summed E-state index contributed by atoms with van der Waals surface area (Å²) in [7, 11) is 1.63. The van der Waals surface area contributed by atoms with Crippen LogP contribution in [-0.2, 0) is 0 Å². The van der Waals surface area contributed by atoms with Crippen LogP contribution >= 0.6 is 15.9 Å². The first-order valence-electron chi connectivity index (χ1n) is 5.56. The molecule has 0 aliphatic carbocycles. The van der Waals surface area contributed by atoms with Crippen molar-refractivity contribution in [1.82, 2.24) is 0 Å². The van der Waals surface area contributed by atoms with E-state index >= 15 is 0 Å². The number of methoxy groups -OCH3 is 1. The molecule has 3 N–H and O–H groups in total. The summed E-state index contributed by atoms with van der Waals surface area (Å²) in [5.74, 6) is 0.737. The molecule has 0 aliphatic rings. The minimum Gasteiger partial charge on any atom is -0.497 e. The molecule has 2 aromatic rings. The van der Waals surface area contributed by atoms with Crippen LogP contribution in [0.5, 0.6) is 5.75 Å². The number of hydrogen-bond donors (Lipinski definition) is 2. The highest BCUT2D eigenvalue weighted by molar-refractivity contribution is 9.10. The summed E-state index contributed by atoms with van der Waals surface area (Å²) in [6.45, 7) is 2.05. The minimum atomic E-state index is 0.667. The van der Waals surface area contributed by atoms with Crippen molar-refractivity contribution in [3.05, 3.63) is 46.4 Å². The summed E-state index contributed by atoms with van der Waals surface area (Å²) in [4.78, 5) is 0. The van der Waals surface area contributed by atoms with E-state index in [0.29, 0.717) is 5.69 Å². The second kappa shape index (κ2) is 5.31. The van der Waals surface area contributed by atoms with Gasteiger partial charge < -0.3 is 15.8 Å². The Kier molecular flexibility index (Phi) is 3.77. The molecule has 2 aromatic carbocycles. The molecule has 2 rings (SSSR count). The normalized spacial score (nSPS) is 10.2. The average Bonchev–Trinajstić information content (AvgIpc) is 2.32. The van der Waals surface area contributed by atoms with E-state index in [0.717, 1.165) is 21.6 Å². The summed E-state index contributed by atoms with van der Waals surface area (Å²) in [6, 6.07) is 11.7. The standard InChI is InChI=1S/C14H15BrN2O/c1-9-3-4-14(13(15)5-9)17-11-6-10(16)7-12(8-11)18-2/h3-8,17H,16H2,1-2H3. The molecule has 0 fully saturated rings. The fraction of sp³-hybridized carbons (Fsp3) is 0.143. The van der Waals surface area contributed by atoms with E-state index in [-0.39, 0.29) is 0 Å². The SMILES string of the molecule is COc1cc(N)cc(Nc2ccc(C)cc2Br)c1. The first-order chi connectivity index (χ1) is 8.58. The van der Waals surface area contributed by atoms with Gasteiger partial charge in [-0.3, -0.25) is 0 Å². The van der Waals surface area contributed by atoms with Crippen molar-refractivity contribution in [3.63, 3.8) is 0 Å². The Hall–Kier alpha value is -1.68. The first-order valence-corrected chi connectivity index (χ1v) is 6.35. The maximum absolute atomic E-state index is 5.82. The minimum absolute atomic E-state index is 0.667. The van der Waals surface area contributed by atoms with Crippen molar-refractivity contribution in [2.45, 2.75) is 6.92 Å². The summed E-state index contributed by atoms with van der Waals surface area (Å²) >= 11 is 3.53. The smallest absolute Gasteiger partial charge is 0.122 e. The van der Waals surface area contributed by atoms with Crippen molar-refractivity contribution in [1.29, 1.82) is 0 Å². The van der Waals surface area contributed by atoms with Crippen molar-refractivity contribution < 1.29 is 4.74 Å². The number of halogens is 1. The lowest BCUT2D eigenvalue weighted by atomic mass is 10.2. The number of rotatable bonds is 3. The molecule has 0 aliphatic heterocycles. The first kappa shape index (κ1) is 12.8. The highest BCUT2D eigenvalue weighted by atomic mass is 79.9. The molecule has 0 atom stereocenters. The van der Waals surface area contributed by atoms with Crippen LogP contribution in [0.2, 0.25) is 0 Å². The lowest BCUT2D eigenvalue weighted by Gasteiger charge is -2.11. The van der Waals surface area contributed by atoms with Gasteiger partial charge in [0.2, 0.25) is 0 Å². The fourth-order valence-corrected chi connectivity index (χ4v) is 2.28. The van der Waals surface area contributed by atoms with E-state index in [1.165, 1.54) is 5.56 Å². The largest absolute Gasteiger partial charge is 0.497 e. The van der Waals surface area contributed by atoms with E-state index in [4.69, 9.17) is 10.5 Å². The number of benzene rings is 2. The van der Waals surface area contributed by atoms with Crippen LogP contribution < -0.4 is 15.8 Å². The van der Waals surface area contributed by atoms with Crippen LogP contribution in [0.25, 0.3) is 0 Å². The van der Waals surface area contributed by atoms with E-state index in [9.17, 15) is 0 Å². The van der Waals surface area contributed by atoms with Gasteiger partial charge in [-0.1, -0.05) is 6.07 Å². The van der Waals surface area contributed by atoms with Gasteiger partial charge in [0.15, 0.2) is 0 Å². The van der Waals surface area contributed by atoms with E-state index < -0.39 is 0 Å².